The van der Waals surface area contributed by atoms with E-state index in [9.17, 15) is 14.4 Å². The van der Waals surface area contributed by atoms with Crippen LogP contribution in [-0.4, -0.2) is 56.6 Å². The molecule has 10 nitrogen and oxygen atoms in total. The molecule has 0 aliphatic heterocycles. The van der Waals surface area contributed by atoms with Gasteiger partial charge in [-0.3, -0.25) is 4.79 Å². The van der Waals surface area contributed by atoms with Crippen LogP contribution in [0.1, 0.15) is 39.4 Å². The number of thiophene rings is 1. The maximum Gasteiger partial charge on any atom is 0.348 e. The molecule has 0 aliphatic carbocycles. The minimum Gasteiger partial charge on any atom is -0.462 e. The molecule has 1 aromatic carbocycles. The summed E-state index contributed by atoms with van der Waals surface area (Å²) < 4.78 is 11.9. The van der Waals surface area contributed by atoms with Crippen LogP contribution < -0.4 is 5.32 Å². The van der Waals surface area contributed by atoms with Gasteiger partial charge in [0.2, 0.25) is 5.91 Å². The molecule has 3 heterocycles. The number of esters is 2. The van der Waals surface area contributed by atoms with E-state index in [1.165, 1.54) is 18.1 Å². The third kappa shape index (κ3) is 5.24. The quantitative estimate of drug-likeness (QED) is 0.194. The van der Waals surface area contributed by atoms with Crippen LogP contribution in [0.15, 0.2) is 47.9 Å². The summed E-state index contributed by atoms with van der Waals surface area (Å²) in [6.07, 6.45) is 3.09. The largest absolute Gasteiger partial charge is 0.462 e. The molecule has 36 heavy (non-hydrogen) atoms. The zero-order chi connectivity index (χ0) is 25.7. The highest BCUT2D eigenvalue weighted by molar-refractivity contribution is 8.00. The van der Waals surface area contributed by atoms with Crippen molar-refractivity contribution in [2.24, 2.45) is 0 Å². The van der Waals surface area contributed by atoms with Gasteiger partial charge in [-0.05, 0) is 38.5 Å². The van der Waals surface area contributed by atoms with Crippen molar-refractivity contribution in [3.05, 3.63) is 58.9 Å². The molecule has 0 spiro atoms. The van der Waals surface area contributed by atoms with Crippen LogP contribution in [0.25, 0.3) is 16.7 Å². The summed E-state index contributed by atoms with van der Waals surface area (Å²) in [4.78, 5) is 46.6. The van der Waals surface area contributed by atoms with E-state index in [1.807, 2.05) is 30.3 Å². The molecule has 186 valence electrons. The topological polar surface area (TPSA) is 125 Å². The van der Waals surface area contributed by atoms with Crippen LogP contribution >= 0.6 is 23.1 Å². The second kappa shape index (κ2) is 11.3. The van der Waals surface area contributed by atoms with Gasteiger partial charge in [0, 0.05) is 0 Å². The van der Waals surface area contributed by atoms with Gasteiger partial charge in [-0.15, -0.1) is 11.3 Å². The normalized spacial score (nSPS) is 10.9. The Labute approximate surface area is 215 Å². The Bertz CT molecular complexity index is 1420. The minimum atomic E-state index is -0.615. The molecule has 1 N–H and O–H groups in total. The summed E-state index contributed by atoms with van der Waals surface area (Å²) in [5.41, 5.74) is 2.04. The first kappa shape index (κ1) is 25.3. The van der Waals surface area contributed by atoms with Gasteiger partial charge in [0.1, 0.15) is 21.2 Å². The first-order valence-electron chi connectivity index (χ1n) is 11.1. The molecule has 0 atom stereocenters. The van der Waals surface area contributed by atoms with Crippen molar-refractivity contribution >= 4 is 57.0 Å². The zero-order valence-electron chi connectivity index (χ0n) is 19.8. The van der Waals surface area contributed by atoms with Gasteiger partial charge in [0.25, 0.3) is 0 Å². The maximum atomic E-state index is 12.8. The van der Waals surface area contributed by atoms with Gasteiger partial charge in [-0.2, -0.15) is 5.10 Å². The molecule has 1 amide bonds. The Kier molecular flexibility index (Phi) is 7.96. The minimum absolute atomic E-state index is 0.0105. The predicted octanol–water partition coefficient (Wildman–Crippen LogP) is 4.27. The Morgan fingerprint density at radius 2 is 1.78 bits per heavy atom. The first-order chi connectivity index (χ1) is 17.4. The van der Waals surface area contributed by atoms with Crippen molar-refractivity contribution in [2.45, 2.75) is 25.8 Å². The Morgan fingerprint density at radius 3 is 2.50 bits per heavy atom. The van der Waals surface area contributed by atoms with Crippen molar-refractivity contribution < 1.29 is 23.9 Å². The summed E-state index contributed by atoms with van der Waals surface area (Å²) in [5, 5.41) is 8.71. The zero-order valence-corrected chi connectivity index (χ0v) is 21.4. The van der Waals surface area contributed by atoms with Crippen LogP contribution in [0.4, 0.5) is 5.00 Å². The van der Waals surface area contributed by atoms with Crippen molar-refractivity contribution in [2.75, 3.05) is 24.3 Å². The van der Waals surface area contributed by atoms with E-state index < -0.39 is 11.9 Å². The molecule has 0 saturated carbocycles. The number of hydrogen-bond acceptors (Lipinski definition) is 10. The average molecular weight is 526 g/mol. The number of fused-ring (bicyclic) bond motifs is 1. The van der Waals surface area contributed by atoms with Gasteiger partial charge in [0.05, 0.1) is 41.8 Å². The van der Waals surface area contributed by atoms with Gasteiger partial charge in [-0.1, -0.05) is 30.0 Å². The highest BCUT2D eigenvalue weighted by atomic mass is 32.2. The molecular formula is C24H23N5O5S2. The second-order valence-electron chi connectivity index (χ2n) is 7.35. The summed E-state index contributed by atoms with van der Waals surface area (Å²) in [6, 6.07) is 9.58. The lowest BCUT2D eigenvalue weighted by molar-refractivity contribution is -0.113. The summed E-state index contributed by atoms with van der Waals surface area (Å²) in [6.45, 7) is 5.36. The van der Waals surface area contributed by atoms with E-state index in [2.05, 4.69) is 20.4 Å². The Balaban J connectivity index is 1.53. The molecule has 12 heteroatoms. The molecule has 4 aromatic rings. The number of para-hydroxylation sites is 1. The van der Waals surface area contributed by atoms with Gasteiger partial charge < -0.3 is 14.8 Å². The standard InChI is InChI=1S/C24H23N5O5S2/c1-4-33-23(31)18-14(3)19(24(32)34-5-2)36-22(18)28-17(30)12-35-21-16-11-27-29(20(16)25-13-26-21)15-9-7-6-8-10-15/h6-11,13H,4-5,12H2,1-3H3,(H,28,30). The third-order valence-corrected chi connectivity index (χ3v) is 7.20. The Hall–Kier alpha value is -3.77. The van der Waals surface area contributed by atoms with Crippen LogP contribution in [0.3, 0.4) is 0 Å². The monoisotopic (exact) mass is 525 g/mol. The summed E-state index contributed by atoms with van der Waals surface area (Å²) >= 11 is 2.20. The number of aromatic nitrogens is 4. The van der Waals surface area contributed by atoms with Crippen LogP contribution in [0.2, 0.25) is 0 Å². The summed E-state index contributed by atoms with van der Waals surface area (Å²) in [7, 11) is 0. The van der Waals surface area contributed by atoms with Gasteiger partial charge >= 0.3 is 11.9 Å². The molecular weight excluding hydrogens is 502 g/mol. The van der Waals surface area contributed by atoms with E-state index in [1.54, 1.807) is 31.6 Å². The lowest BCUT2D eigenvalue weighted by Crippen LogP contribution is -2.16. The fraction of sp³-hybridized carbons (Fsp3) is 0.250. The number of carbonyl (C=O) groups excluding carboxylic acids is 3. The number of anilines is 1. The van der Waals surface area contributed by atoms with E-state index in [-0.39, 0.29) is 40.3 Å². The lowest BCUT2D eigenvalue weighted by Gasteiger charge is -2.07. The smallest absolute Gasteiger partial charge is 0.348 e. The summed E-state index contributed by atoms with van der Waals surface area (Å²) in [5.74, 6) is -1.53. The molecule has 0 unspecified atom stereocenters. The number of rotatable bonds is 9. The molecule has 3 aromatic heterocycles. The van der Waals surface area contributed by atoms with E-state index in [0.717, 1.165) is 17.0 Å². The van der Waals surface area contributed by atoms with Crippen molar-refractivity contribution in [3.8, 4) is 5.69 Å². The van der Waals surface area contributed by atoms with Crippen molar-refractivity contribution in [1.29, 1.82) is 0 Å². The SMILES string of the molecule is CCOC(=O)c1sc(NC(=O)CSc2ncnc3c2cnn3-c2ccccc2)c(C(=O)OCC)c1C. The first-order valence-corrected chi connectivity index (χ1v) is 12.9. The number of ether oxygens (including phenoxy) is 2. The second-order valence-corrected chi connectivity index (χ2v) is 9.33. The van der Waals surface area contributed by atoms with Gasteiger partial charge in [0.15, 0.2) is 5.65 Å². The van der Waals surface area contributed by atoms with Crippen LogP contribution in [-0.2, 0) is 14.3 Å². The molecule has 0 bridgehead atoms. The predicted molar refractivity (Wildman–Crippen MR) is 137 cm³/mol. The van der Waals surface area contributed by atoms with Crippen LogP contribution in [0.5, 0.6) is 0 Å². The Morgan fingerprint density at radius 1 is 1.06 bits per heavy atom. The number of carbonyl (C=O) groups is 3. The number of hydrogen-bond donors (Lipinski definition) is 1. The molecule has 0 fully saturated rings. The number of nitrogens with zero attached hydrogens (tertiary/aromatic N) is 4. The molecule has 0 saturated heterocycles. The van der Waals surface area contributed by atoms with Crippen LogP contribution in [0, 0.1) is 6.92 Å². The fourth-order valence-corrected chi connectivity index (χ4v) is 5.30. The van der Waals surface area contributed by atoms with Gasteiger partial charge in [-0.25, -0.2) is 24.2 Å². The molecule has 0 radical (unpaired) electrons. The number of nitrogens with one attached hydrogen (secondary N) is 1. The average Bonchev–Trinajstić information content (AvgIpc) is 3.45. The third-order valence-electron chi connectivity index (χ3n) is 5.01. The van der Waals surface area contributed by atoms with E-state index >= 15 is 0 Å². The highest BCUT2D eigenvalue weighted by Gasteiger charge is 2.27. The van der Waals surface area contributed by atoms with Crippen molar-refractivity contribution in [3.63, 3.8) is 0 Å². The highest BCUT2D eigenvalue weighted by Crippen LogP contribution is 2.35. The lowest BCUT2D eigenvalue weighted by atomic mass is 10.1. The molecule has 0 aliphatic rings. The fourth-order valence-electron chi connectivity index (χ4n) is 3.43. The maximum absolute atomic E-state index is 12.8. The van der Waals surface area contributed by atoms with Crippen molar-refractivity contribution in [1.82, 2.24) is 19.7 Å². The molecule has 4 rings (SSSR count). The van der Waals surface area contributed by atoms with E-state index in [0.29, 0.717) is 21.6 Å². The van der Waals surface area contributed by atoms with E-state index in [4.69, 9.17) is 9.47 Å². The number of benzene rings is 1. The number of amides is 1. The number of thioether (sulfide) groups is 1.